The Kier molecular flexibility index (Phi) is 4.50. The van der Waals surface area contributed by atoms with Crippen molar-refractivity contribution in [1.82, 2.24) is 0 Å². The van der Waals surface area contributed by atoms with Gasteiger partial charge in [0.15, 0.2) is 11.6 Å². The van der Waals surface area contributed by atoms with Crippen molar-refractivity contribution < 1.29 is 19.1 Å². The summed E-state index contributed by atoms with van der Waals surface area (Å²) >= 11 is 0. The van der Waals surface area contributed by atoms with Gasteiger partial charge in [0.2, 0.25) is 0 Å². The minimum Gasteiger partial charge on any atom is -0.461 e. The number of aryl methyl sites for hydroxylation is 1. The van der Waals surface area contributed by atoms with Crippen LogP contribution in [-0.2, 0) is 19.1 Å². The van der Waals surface area contributed by atoms with Gasteiger partial charge in [0.05, 0.1) is 6.04 Å². The minimum atomic E-state index is -0.546. The molecule has 0 saturated heterocycles. The Balaban J connectivity index is 2.10. The Morgan fingerprint density at radius 3 is 2.32 bits per heavy atom. The summed E-state index contributed by atoms with van der Waals surface area (Å²) in [6.07, 6.45) is 0.105. The number of carbonyl (C=O) groups is 3. The predicted octanol–water partition coefficient (Wildman–Crippen LogP) is 2.96. The van der Waals surface area contributed by atoms with Crippen LogP contribution < -0.4 is 4.90 Å². The summed E-state index contributed by atoms with van der Waals surface area (Å²) < 4.78 is 5.37. The number of benzene rings is 1. The molecule has 0 N–H and O–H groups in total. The van der Waals surface area contributed by atoms with Crippen LogP contribution in [0, 0.1) is 12.8 Å². The Bertz CT molecular complexity index is 762. The fraction of sp³-hybridized carbons (Fsp3) is 0.450. The van der Waals surface area contributed by atoms with Gasteiger partial charge in [-0.25, -0.2) is 0 Å². The summed E-state index contributed by atoms with van der Waals surface area (Å²) in [6, 6.07) is 7.63. The number of fused-ring (bicyclic) bond motifs is 2. The van der Waals surface area contributed by atoms with E-state index in [0.29, 0.717) is 12.0 Å². The highest BCUT2D eigenvalue weighted by molar-refractivity contribution is 5.99. The van der Waals surface area contributed by atoms with Crippen LogP contribution in [0.1, 0.15) is 39.2 Å². The van der Waals surface area contributed by atoms with Crippen molar-refractivity contribution in [2.45, 2.75) is 52.7 Å². The third-order valence-corrected chi connectivity index (χ3v) is 5.14. The second-order valence-corrected chi connectivity index (χ2v) is 6.94. The molecule has 1 aromatic rings. The van der Waals surface area contributed by atoms with Crippen molar-refractivity contribution in [1.29, 1.82) is 0 Å². The van der Waals surface area contributed by atoms with E-state index in [2.05, 4.69) is 0 Å². The molecule has 2 aliphatic rings. The van der Waals surface area contributed by atoms with Gasteiger partial charge in [0.1, 0.15) is 6.10 Å². The van der Waals surface area contributed by atoms with Crippen LogP contribution in [0.2, 0.25) is 0 Å². The number of allylic oxidation sites excluding steroid dienone is 1. The van der Waals surface area contributed by atoms with Crippen LogP contribution in [0.3, 0.4) is 0 Å². The van der Waals surface area contributed by atoms with E-state index in [1.807, 2.05) is 43.0 Å². The van der Waals surface area contributed by atoms with Gasteiger partial charge in [0, 0.05) is 36.2 Å². The van der Waals surface area contributed by atoms with E-state index in [0.717, 1.165) is 16.9 Å². The second kappa shape index (κ2) is 6.47. The molecule has 5 heteroatoms. The summed E-state index contributed by atoms with van der Waals surface area (Å²) in [7, 11) is 0. The zero-order chi connectivity index (χ0) is 18.3. The lowest BCUT2D eigenvalue weighted by molar-refractivity contribution is -0.152. The van der Waals surface area contributed by atoms with Gasteiger partial charge in [-0.1, -0.05) is 17.7 Å². The summed E-state index contributed by atoms with van der Waals surface area (Å²) in [6.45, 7) is 6.75. The molecule has 25 heavy (non-hydrogen) atoms. The van der Waals surface area contributed by atoms with Crippen molar-refractivity contribution in [3.05, 3.63) is 41.1 Å². The molecule has 0 aromatic heterocycles. The SMILES string of the molecule is CC(=O)O[C@@H]1CC(=O)[C@@H]2C[C@H]1C(C(C)=O)=C(C)N2c1ccc(C)cc1. The largest absolute Gasteiger partial charge is 0.461 e. The molecule has 1 saturated carbocycles. The van der Waals surface area contributed by atoms with E-state index in [-0.39, 0.29) is 29.9 Å². The Morgan fingerprint density at radius 2 is 1.76 bits per heavy atom. The number of hydrogen-bond donors (Lipinski definition) is 0. The molecule has 0 unspecified atom stereocenters. The molecule has 0 radical (unpaired) electrons. The van der Waals surface area contributed by atoms with E-state index in [1.54, 1.807) is 0 Å². The van der Waals surface area contributed by atoms with Crippen LogP contribution in [-0.4, -0.2) is 29.7 Å². The molecule has 0 amide bonds. The van der Waals surface area contributed by atoms with Gasteiger partial charge in [-0.15, -0.1) is 0 Å². The monoisotopic (exact) mass is 341 g/mol. The molecule has 1 aromatic carbocycles. The lowest BCUT2D eigenvalue weighted by atomic mass is 9.72. The highest BCUT2D eigenvalue weighted by atomic mass is 16.5. The van der Waals surface area contributed by atoms with Crippen molar-refractivity contribution in [2.75, 3.05) is 4.90 Å². The second-order valence-electron chi connectivity index (χ2n) is 6.94. The fourth-order valence-corrected chi connectivity index (χ4v) is 4.12. The average Bonchev–Trinajstić information content (AvgIpc) is 2.52. The van der Waals surface area contributed by atoms with Gasteiger partial charge in [-0.3, -0.25) is 14.4 Å². The number of rotatable bonds is 3. The van der Waals surface area contributed by atoms with Crippen molar-refractivity contribution >= 4 is 23.2 Å². The third kappa shape index (κ3) is 3.11. The standard InChI is InChI=1S/C20H23NO4/c1-11-5-7-15(8-6-11)21-12(2)20(13(3)22)16-9-17(21)18(24)10-19(16)25-14(4)23/h5-8,16-17,19H,9-10H2,1-4H3/t16-,17+,19-/m1/s1. The molecule has 3 rings (SSSR count). The molecule has 2 bridgehead atoms. The topological polar surface area (TPSA) is 63.7 Å². The Morgan fingerprint density at radius 1 is 1.12 bits per heavy atom. The molecule has 1 aliphatic carbocycles. The van der Waals surface area contributed by atoms with Gasteiger partial charge in [-0.2, -0.15) is 0 Å². The lowest BCUT2D eigenvalue weighted by Crippen LogP contribution is -2.54. The number of hydrogen-bond acceptors (Lipinski definition) is 5. The highest BCUT2D eigenvalue weighted by Gasteiger charge is 2.48. The summed E-state index contributed by atoms with van der Waals surface area (Å²) in [5, 5.41) is 0. The fourth-order valence-electron chi connectivity index (χ4n) is 4.12. The number of ether oxygens (including phenoxy) is 1. The molecule has 1 fully saturated rings. The van der Waals surface area contributed by atoms with Crippen LogP contribution in [0.5, 0.6) is 0 Å². The Hall–Kier alpha value is -2.43. The van der Waals surface area contributed by atoms with Crippen LogP contribution >= 0.6 is 0 Å². The normalized spacial score (nSPS) is 25.8. The van der Waals surface area contributed by atoms with Gasteiger partial charge >= 0.3 is 5.97 Å². The maximum atomic E-state index is 12.7. The molecule has 1 aliphatic heterocycles. The van der Waals surface area contributed by atoms with E-state index >= 15 is 0 Å². The first-order chi connectivity index (χ1) is 11.8. The van der Waals surface area contributed by atoms with E-state index < -0.39 is 12.1 Å². The average molecular weight is 341 g/mol. The van der Waals surface area contributed by atoms with Crippen molar-refractivity contribution in [3.63, 3.8) is 0 Å². The van der Waals surface area contributed by atoms with Crippen molar-refractivity contribution in [2.24, 2.45) is 5.92 Å². The quantitative estimate of drug-likeness (QED) is 0.791. The predicted molar refractivity (Wildman–Crippen MR) is 94.1 cm³/mol. The molecular weight excluding hydrogens is 318 g/mol. The van der Waals surface area contributed by atoms with Crippen molar-refractivity contribution in [3.8, 4) is 0 Å². The highest BCUT2D eigenvalue weighted by Crippen LogP contribution is 2.43. The molecule has 5 nitrogen and oxygen atoms in total. The lowest BCUT2D eigenvalue weighted by Gasteiger charge is -2.47. The first kappa shape index (κ1) is 17.4. The molecular formula is C20H23NO4. The molecule has 1 heterocycles. The van der Waals surface area contributed by atoms with E-state index in [4.69, 9.17) is 4.74 Å². The van der Waals surface area contributed by atoms with Crippen LogP contribution in [0.4, 0.5) is 5.69 Å². The third-order valence-electron chi connectivity index (χ3n) is 5.14. The first-order valence-electron chi connectivity index (χ1n) is 8.57. The van der Waals surface area contributed by atoms with Crippen LogP contribution in [0.25, 0.3) is 0 Å². The summed E-state index contributed by atoms with van der Waals surface area (Å²) in [4.78, 5) is 38.5. The van der Waals surface area contributed by atoms with E-state index in [1.165, 1.54) is 13.8 Å². The zero-order valence-corrected chi connectivity index (χ0v) is 15.0. The number of ketones is 2. The van der Waals surface area contributed by atoms with Crippen LogP contribution in [0.15, 0.2) is 35.5 Å². The molecule has 0 spiro atoms. The molecule has 132 valence electrons. The number of Topliss-reactive ketones (excluding diaryl/α,β-unsaturated/α-hetero) is 2. The Labute approximate surface area is 147 Å². The van der Waals surface area contributed by atoms with E-state index in [9.17, 15) is 14.4 Å². The van der Waals surface area contributed by atoms with Gasteiger partial charge in [-0.05, 0) is 39.3 Å². The number of nitrogens with zero attached hydrogens (tertiary/aromatic N) is 1. The summed E-state index contributed by atoms with van der Waals surface area (Å²) in [5.41, 5.74) is 3.49. The first-order valence-corrected chi connectivity index (χ1v) is 8.57. The minimum absolute atomic E-state index is 0.0374. The molecule has 3 atom stereocenters. The summed E-state index contributed by atoms with van der Waals surface area (Å²) in [5.74, 6) is -0.627. The maximum absolute atomic E-state index is 12.7. The van der Waals surface area contributed by atoms with Gasteiger partial charge in [0.25, 0.3) is 0 Å². The zero-order valence-electron chi connectivity index (χ0n) is 15.0. The van der Waals surface area contributed by atoms with Gasteiger partial charge < -0.3 is 9.64 Å². The maximum Gasteiger partial charge on any atom is 0.302 e. The number of esters is 1. The number of carbonyl (C=O) groups excluding carboxylic acids is 3. The number of anilines is 1. The smallest absolute Gasteiger partial charge is 0.302 e.